The van der Waals surface area contributed by atoms with Crippen molar-refractivity contribution in [3.05, 3.63) is 127 Å². The van der Waals surface area contributed by atoms with Crippen molar-refractivity contribution in [3.8, 4) is 0 Å². The number of anilines is 6. The Morgan fingerprint density at radius 1 is 0.293 bits per heavy atom. The van der Waals surface area contributed by atoms with E-state index in [1.165, 1.54) is 82.6 Å². The van der Waals surface area contributed by atoms with Gasteiger partial charge in [0, 0.05) is 34.1 Å². The third kappa shape index (κ3) is 19.0. The molecule has 2 aliphatic heterocycles. The van der Waals surface area contributed by atoms with E-state index in [9.17, 15) is 0 Å². The van der Waals surface area contributed by atoms with Crippen LogP contribution in [0.1, 0.15) is 171 Å². The predicted octanol–water partition coefficient (Wildman–Crippen LogP) is 18.0. The van der Waals surface area contributed by atoms with E-state index in [0.717, 1.165) is 0 Å². The Bertz CT molecular complexity index is 1450. The molecule has 324 valence electrons. The van der Waals surface area contributed by atoms with Crippen molar-refractivity contribution < 1.29 is 0 Å². The first-order valence-corrected chi connectivity index (χ1v) is 23.5. The number of benzene rings is 5. The van der Waals surface area contributed by atoms with Crippen LogP contribution in [0, 0.1) is 0 Å². The molecule has 0 unspecified atom stereocenters. The van der Waals surface area contributed by atoms with Gasteiger partial charge in [-0.1, -0.05) is 249 Å². The molecule has 0 fully saturated rings. The van der Waals surface area contributed by atoms with Crippen LogP contribution in [0.5, 0.6) is 0 Å². The van der Waals surface area contributed by atoms with E-state index in [-0.39, 0.29) is 6.71 Å². The molecule has 0 aliphatic carbocycles. The van der Waals surface area contributed by atoms with Gasteiger partial charge in [0.05, 0.1) is 0 Å². The lowest BCUT2D eigenvalue weighted by molar-refractivity contribution is 1.09. The lowest BCUT2D eigenvalue weighted by Crippen LogP contribution is -2.61. The Hall–Kier alpha value is -4.24. The van der Waals surface area contributed by atoms with E-state index in [1.54, 1.807) is 0 Å². The van der Waals surface area contributed by atoms with Gasteiger partial charge in [0.15, 0.2) is 0 Å². The first-order valence-electron chi connectivity index (χ1n) is 23.5. The summed E-state index contributed by atoms with van der Waals surface area (Å²) in [5.74, 6) is 0. The van der Waals surface area contributed by atoms with E-state index in [0.29, 0.717) is 0 Å². The molecule has 3 heteroatoms. The summed E-state index contributed by atoms with van der Waals surface area (Å²) in [5, 5.41) is 0. The minimum Gasteiger partial charge on any atom is -0.311 e. The quantitative estimate of drug-likeness (QED) is 0.161. The van der Waals surface area contributed by atoms with Gasteiger partial charge in [-0.25, -0.2) is 0 Å². The molecule has 0 atom stereocenters. The smallest absolute Gasteiger partial charge is 0.252 e. The van der Waals surface area contributed by atoms with Crippen molar-refractivity contribution in [2.45, 2.75) is 171 Å². The Labute approximate surface area is 363 Å². The Balaban J connectivity index is -0.000000494. The third-order valence-electron chi connectivity index (χ3n) is 6.84. The molecule has 0 radical (unpaired) electrons. The summed E-state index contributed by atoms with van der Waals surface area (Å²) in [4.78, 5) is 4.84. The average molecular weight is 791 g/mol. The van der Waals surface area contributed by atoms with Gasteiger partial charge in [0.1, 0.15) is 0 Å². The number of hydrogen-bond acceptors (Lipinski definition) is 2. The van der Waals surface area contributed by atoms with Gasteiger partial charge in [-0.15, -0.1) is 0 Å². The minimum absolute atomic E-state index is 0.198. The van der Waals surface area contributed by atoms with Crippen molar-refractivity contribution in [1.29, 1.82) is 0 Å². The highest BCUT2D eigenvalue weighted by Gasteiger charge is 2.42. The summed E-state index contributed by atoms with van der Waals surface area (Å²) in [6, 6.07) is 45.9. The lowest BCUT2D eigenvalue weighted by Gasteiger charge is -2.44. The molecular formula is C55H91BN2. The van der Waals surface area contributed by atoms with Crippen LogP contribution in [-0.2, 0) is 0 Å². The fourth-order valence-corrected chi connectivity index (χ4v) is 5.55. The van der Waals surface area contributed by atoms with Crippen LogP contribution >= 0.6 is 0 Å². The summed E-state index contributed by atoms with van der Waals surface area (Å²) in [5.41, 5.74) is 11.4. The van der Waals surface area contributed by atoms with Crippen molar-refractivity contribution in [3.63, 3.8) is 0 Å². The summed E-state index contributed by atoms with van der Waals surface area (Å²) in [6.45, 7) is 41.4. The van der Waals surface area contributed by atoms with Crippen LogP contribution in [0.2, 0.25) is 0 Å². The zero-order valence-electron chi connectivity index (χ0n) is 41.6. The SMILES string of the molecule is CC.CC.CC.CC.CC.CCC.CCC.CCC.CCC.CCC.c1ccc(N2c3ccccc3B3c4ccccc4N(c4ccccc4)c4cccc2c43)cc1. The normalized spacial score (nSPS) is 9.62. The van der Waals surface area contributed by atoms with Crippen LogP contribution in [-0.4, -0.2) is 6.71 Å². The van der Waals surface area contributed by atoms with E-state index in [1.807, 2.05) is 69.2 Å². The molecular weight excluding hydrogens is 699 g/mol. The number of nitrogens with zero attached hydrogens (tertiary/aromatic N) is 2. The van der Waals surface area contributed by atoms with Gasteiger partial charge in [0.2, 0.25) is 0 Å². The standard InChI is InChI=1S/C30H21BN2.5C3H8.5C2H6/c1-3-12-22(13-4-1)32-26-18-9-7-16-24(26)31-25-17-8-10-19-27(25)33(23-14-5-2-6-15-23)29-21-11-20-28(32)30(29)31;5*1-3-2;5*1-2/h1-21H;5*3H2,1-2H3;5*1-2H3. The molecule has 2 heterocycles. The highest BCUT2D eigenvalue weighted by molar-refractivity contribution is 7.00. The van der Waals surface area contributed by atoms with E-state index in [2.05, 4.69) is 206 Å². The zero-order chi connectivity index (χ0) is 45.3. The Kier molecular flexibility index (Phi) is 44.2. The predicted molar refractivity (Wildman–Crippen MR) is 277 cm³/mol. The van der Waals surface area contributed by atoms with E-state index in [4.69, 9.17) is 0 Å². The fourth-order valence-electron chi connectivity index (χ4n) is 5.55. The Morgan fingerprint density at radius 2 is 0.517 bits per heavy atom. The average Bonchev–Trinajstić information content (AvgIpc) is 3.29. The minimum atomic E-state index is 0.198. The van der Waals surface area contributed by atoms with Crippen LogP contribution in [0.3, 0.4) is 0 Å². The molecule has 0 amide bonds. The molecule has 5 aromatic carbocycles. The van der Waals surface area contributed by atoms with Gasteiger partial charge in [-0.2, -0.15) is 0 Å². The Morgan fingerprint density at radius 3 is 0.793 bits per heavy atom. The van der Waals surface area contributed by atoms with Crippen molar-refractivity contribution >= 4 is 57.2 Å². The van der Waals surface area contributed by atoms with Crippen molar-refractivity contribution in [2.75, 3.05) is 9.80 Å². The monoisotopic (exact) mass is 791 g/mol. The molecule has 0 aromatic heterocycles. The maximum atomic E-state index is 2.42. The van der Waals surface area contributed by atoms with Gasteiger partial charge in [-0.3, -0.25) is 0 Å². The number of hydrogen-bond donors (Lipinski definition) is 0. The van der Waals surface area contributed by atoms with Gasteiger partial charge < -0.3 is 9.80 Å². The molecule has 2 aliphatic rings. The molecule has 2 nitrogen and oxygen atoms in total. The zero-order valence-corrected chi connectivity index (χ0v) is 41.6. The van der Waals surface area contributed by atoms with Gasteiger partial charge >= 0.3 is 0 Å². The highest BCUT2D eigenvalue weighted by atomic mass is 15.2. The molecule has 0 saturated carbocycles. The lowest BCUT2D eigenvalue weighted by atomic mass is 9.33. The molecule has 0 saturated heterocycles. The van der Waals surface area contributed by atoms with Crippen molar-refractivity contribution in [1.82, 2.24) is 0 Å². The maximum Gasteiger partial charge on any atom is 0.252 e. The number of para-hydroxylation sites is 4. The summed E-state index contributed by atoms with van der Waals surface area (Å²) in [7, 11) is 0. The topological polar surface area (TPSA) is 6.48 Å². The van der Waals surface area contributed by atoms with Crippen molar-refractivity contribution in [2.24, 2.45) is 0 Å². The summed E-state index contributed by atoms with van der Waals surface area (Å²) in [6.07, 6.45) is 6.25. The number of fused-ring (bicyclic) bond motifs is 4. The van der Waals surface area contributed by atoms with Crippen LogP contribution in [0.25, 0.3) is 0 Å². The van der Waals surface area contributed by atoms with Crippen LogP contribution in [0.15, 0.2) is 127 Å². The van der Waals surface area contributed by atoms with E-state index >= 15 is 0 Å². The third-order valence-corrected chi connectivity index (χ3v) is 6.84. The second kappa shape index (κ2) is 42.4. The summed E-state index contributed by atoms with van der Waals surface area (Å²) >= 11 is 0. The van der Waals surface area contributed by atoms with Crippen LogP contribution in [0.4, 0.5) is 34.1 Å². The van der Waals surface area contributed by atoms with E-state index < -0.39 is 0 Å². The molecule has 0 N–H and O–H groups in total. The molecule has 58 heavy (non-hydrogen) atoms. The first kappa shape index (κ1) is 60.4. The van der Waals surface area contributed by atoms with Gasteiger partial charge in [0.25, 0.3) is 6.71 Å². The molecule has 5 aromatic rings. The van der Waals surface area contributed by atoms with Gasteiger partial charge in [-0.05, 0) is 64.9 Å². The summed E-state index contributed by atoms with van der Waals surface area (Å²) < 4.78 is 0. The maximum absolute atomic E-state index is 2.42. The van der Waals surface area contributed by atoms with Crippen LogP contribution < -0.4 is 26.2 Å². The molecule has 7 rings (SSSR count). The fraction of sp³-hybridized carbons (Fsp3) is 0.455. The number of rotatable bonds is 2. The largest absolute Gasteiger partial charge is 0.311 e. The molecule has 0 bridgehead atoms. The first-order chi connectivity index (χ1) is 28.5. The molecule has 0 spiro atoms. The second-order valence-corrected chi connectivity index (χ2v) is 12.1. The second-order valence-electron chi connectivity index (χ2n) is 12.1. The highest BCUT2D eigenvalue weighted by Crippen LogP contribution is 2.43.